The van der Waals surface area contributed by atoms with E-state index < -0.39 is 0 Å². The van der Waals surface area contributed by atoms with Crippen LogP contribution in [0.15, 0.2) is 12.2 Å². The lowest BCUT2D eigenvalue weighted by atomic mass is 10.1. The van der Waals surface area contributed by atoms with Gasteiger partial charge in [-0.2, -0.15) is 0 Å². The molecule has 0 aliphatic rings. The van der Waals surface area contributed by atoms with Gasteiger partial charge >= 0.3 is 0 Å². The maximum atomic E-state index is 3.87. The first-order chi connectivity index (χ1) is 5.27. The fourth-order valence-corrected chi connectivity index (χ4v) is 1.03. The van der Waals surface area contributed by atoms with Gasteiger partial charge in [-0.3, -0.25) is 0 Å². The van der Waals surface area contributed by atoms with Crippen LogP contribution in [0.5, 0.6) is 0 Å². The Balaban J connectivity index is 2.85. The molecule has 0 rings (SSSR count). The number of rotatable bonds is 7. The first-order valence-corrected chi connectivity index (χ1v) is 4.62. The highest BCUT2D eigenvalue weighted by molar-refractivity contribution is 4.86. The van der Waals surface area contributed by atoms with E-state index in [0.717, 1.165) is 6.54 Å². The van der Waals surface area contributed by atoms with Crippen molar-refractivity contribution in [2.45, 2.75) is 39.5 Å². The summed E-state index contributed by atoms with van der Waals surface area (Å²) in [7, 11) is 0. The van der Waals surface area contributed by atoms with Gasteiger partial charge in [-0.05, 0) is 39.3 Å². The third kappa shape index (κ3) is 9.70. The smallest absolute Gasteiger partial charge is 0.00490 e. The summed E-state index contributed by atoms with van der Waals surface area (Å²) in [5.41, 5.74) is 1.31. The highest BCUT2D eigenvalue weighted by atomic mass is 14.8. The number of allylic oxidation sites excluding steroid dienone is 1. The van der Waals surface area contributed by atoms with Gasteiger partial charge in [0.15, 0.2) is 0 Å². The lowest BCUT2D eigenvalue weighted by molar-refractivity contribution is 0.616. The van der Waals surface area contributed by atoms with Crippen LogP contribution in [-0.2, 0) is 0 Å². The van der Waals surface area contributed by atoms with Crippen LogP contribution < -0.4 is 5.32 Å². The minimum absolute atomic E-state index is 1.10. The Morgan fingerprint density at radius 2 is 2.00 bits per heavy atom. The van der Waals surface area contributed by atoms with E-state index in [9.17, 15) is 0 Å². The summed E-state index contributed by atoms with van der Waals surface area (Å²) < 4.78 is 0. The van der Waals surface area contributed by atoms with Crippen molar-refractivity contribution in [1.29, 1.82) is 0 Å². The average Bonchev–Trinajstić information content (AvgIpc) is 1.96. The van der Waals surface area contributed by atoms with Gasteiger partial charge in [-0.1, -0.05) is 18.9 Å². The molecule has 0 aliphatic carbocycles. The molecule has 66 valence electrons. The van der Waals surface area contributed by atoms with E-state index in [0.29, 0.717) is 0 Å². The maximum absolute atomic E-state index is 3.87. The second-order valence-electron chi connectivity index (χ2n) is 3.12. The molecular formula is C10H21N. The van der Waals surface area contributed by atoms with Crippen molar-refractivity contribution in [2.24, 2.45) is 0 Å². The van der Waals surface area contributed by atoms with E-state index in [1.807, 2.05) is 0 Å². The molecule has 0 heterocycles. The molecule has 11 heavy (non-hydrogen) atoms. The topological polar surface area (TPSA) is 12.0 Å². The van der Waals surface area contributed by atoms with E-state index in [-0.39, 0.29) is 0 Å². The summed E-state index contributed by atoms with van der Waals surface area (Å²) in [5, 5.41) is 3.31. The van der Waals surface area contributed by atoms with Gasteiger partial charge in [0.2, 0.25) is 0 Å². The van der Waals surface area contributed by atoms with E-state index in [1.54, 1.807) is 0 Å². The van der Waals surface area contributed by atoms with Crippen molar-refractivity contribution in [3.63, 3.8) is 0 Å². The fraction of sp³-hybridized carbons (Fsp3) is 0.800. The fourth-order valence-electron chi connectivity index (χ4n) is 1.03. The van der Waals surface area contributed by atoms with Gasteiger partial charge in [0.25, 0.3) is 0 Å². The zero-order valence-corrected chi connectivity index (χ0v) is 7.95. The van der Waals surface area contributed by atoms with Crippen LogP contribution in [0.1, 0.15) is 39.5 Å². The highest BCUT2D eigenvalue weighted by Gasteiger charge is 1.88. The average molecular weight is 155 g/mol. The Bertz CT molecular complexity index is 97.0. The molecule has 0 bridgehead atoms. The van der Waals surface area contributed by atoms with Crippen molar-refractivity contribution in [3.05, 3.63) is 12.2 Å². The Morgan fingerprint density at radius 1 is 1.27 bits per heavy atom. The van der Waals surface area contributed by atoms with Crippen molar-refractivity contribution < 1.29 is 0 Å². The molecule has 0 aromatic rings. The van der Waals surface area contributed by atoms with Crippen molar-refractivity contribution >= 4 is 0 Å². The normalized spacial score (nSPS) is 10.0. The minimum Gasteiger partial charge on any atom is -0.317 e. The molecule has 1 N–H and O–H groups in total. The van der Waals surface area contributed by atoms with Gasteiger partial charge < -0.3 is 5.32 Å². The standard InChI is InChI=1S/C10H21N/c1-4-11-9-7-5-6-8-10(2)3/h11H,2,4-9H2,1,3H3. The summed E-state index contributed by atoms with van der Waals surface area (Å²) in [6, 6.07) is 0. The van der Waals surface area contributed by atoms with Crippen LogP contribution in [0.4, 0.5) is 0 Å². The van der Waals surface area contributed by atoms with Gasteiger partial charge in [0.1, 0.15) is 0 Å². The molecule has 0 aromatic carbocycles. The largest absolute Gasteiger partial charge is 0.317 e. The molecular weight excluding hydrogens is 134 g/mol. The number of unbranched alkanes of at least 4 members (excludes halogenated alkanes) is 2. The van der Waals surface area contributed by atoms with E-state index in [2.05, 4.69) is 25.7 Å². The highest BCUT2D eigenvalue weighted by Crippen LogP contribution is 2.04. The molecule has 0 saturated carbocycles. The summed E-state index contributed by atoms with van der Waals surface area (Å²) in [5.74, 6) is 0. The van der Waals surface area contributed by atoms with Gasteiger partial charge in [0, 0.05) is 0 Å². The molecule has 0 unspecified atom stereocenters. The lowest BCUT2D eigenvalue weighted by Gasteiger charge is -2.01. The van der Waals surface area contributed by atoms with Crippen LogP contribution in [0.25, 0.3) is 0 Å². The van der Waals surface area contributed by atoms with Crippen molar-refractivity contribution in [3.8, 4) is 0 Å². The number of nitrogens with one attached hydrogen (secondary N) is 1. The van der Waals surface area contributed by atoms with Crippen LogP contribution in [-0.4, -0.2) is 13.1 Å². The molecule has 0 radical (unpaired) electrons. The molecule has 0 aromatic heterocycles. The first-order valence-electron chi connectivity index (χ1n) is 4.62. The van der Waals surface area contributed by atoms with Gasteiger partial charge in [0.05, 0.1) is 0 Å². The first kappa shape index (κ1) is 10.7. The van der Waals surface area contributed by atoms with Gasteiger partial charge in [-0.15, -0.1) is 6.58 Å². The van der Waals surface area contributed by atoms with Crippen LogP contribution in [0.3, 0.4) is 0 Å². The molecule has 0 atom stereocenters. The Kier molecular flexibility index (Phi) is 7.59. The number of hydrogen-bond acceptors (Lipinski definition) is 1. The van der Waals surface area contributed by atoms with E-state index in [4.69, 9.17) is 0 Å². The molecule has 0 aliphatic heterocycles. The zero-order valence-electron chi connectivity index (χ0n) is 7.95. The zero-order chi connectivity index (χ0) is 8.53. The third-order valence-electron chi connectivity index (χ3n) is 1.71. The third-order valence-corrected chi connectivity index (χ3v) is 1.71. The summed E-state index contributed by atoms with van der Waals surface area (Å²) >= 11 is 0. The molecule has 0 amide bonds. The molecule has 0 saturated heterocycles. The summed E-state index contributed by atoms with van der Waals surface area (Å²) in [4.78, 5) is 0. The molecule has 1 heteroatoms. The van der Waals surface area contributed by atoms with Crippen molar-refractivity contribution in [2.75, 3.05) is 13.1 Å². The van der Waals surface area contributed by atoms with Crippen molar-refractivity contribution in [1.82, 2.24) is 5.32 Å². The van der Waals surface area contributed by atoms with E-state index >= 15 is 0 Å². The SMILES string of the molecule is C=C(C)CCCCCNCC. The Morgan fingerprint density at radius 3 is 2.55 bits per heavy atom. The lowest BCUT2D eigenvalue weighted by Crippen LogP contribution is -2.13. The molecule has 0 fully saturated rings. The monoisotopic (exact) mass is 155 g/mol. The summed E-state index contributed by atoms with van der Waals surface area (Å²) in [6.45, 7) is 10.4. The quantitative estimate of drug-likeness (QED) is 0.440. The second-order valence-corrected chi connectivity index (χ2v) is 3.12. The predicted octanol–water partition coefficient (Wildman–Crippen LogP) is 2.73. The predicted molar refractivity (Wildman–Crippen MR) is 51.8 cm³/mol. The second kappa shape index (κ2) is 7.80. The van der Waals surface area contributed by atoms with Crippen LogP contribution >= 0.6 is 0 Å². The maximum Gasteiger partial charge on any atom is -0.00490 e. The van der Waals surface area contributed by atoms with Crippen LogP contribution in [0, 0.1) is 0 Å². The molecule has 1 nitrogen and oxygen atoms in total. The minimum atomic E-state index is 1.10. The van der Waals surface area contributed by atoms with E-state index in [1.165, 1.54) is 37.8 Å². The van der Waals surface area contributed by atoms with Gasteiger partial charge in [-0.25, -0.2) is 0 Å². The summed E-state index contributed by atoms with van der Waals surface area (Å²) in [6.07, 6.45) is 5.15. The molecule has 0 spiro atoms. The Hall–Kier alpha value is -0.300. The number of hydrogen-bond donors (Lipinski definition) is 1. The van der Waals surface area contributed by atoms with Crippen LogP contribution in [0.2, 0.25) is 0 Å². The Labute approximate surface area is 70.9 Å².